The molecule has 0 fully saturated rings. The van der Waals surface area contributed by atoms with Crippen LogP contribution in [-0.2, 0) is 0 Å². The summed E-state index contributed by atoms with van der Waals surface area (Å²) in [6.07, 6.45) is 0. The summed E-state index contributed by atoms with van der Waals surface area (Å²) in [5.74, 6) is 0.435. The molecule has 2 aromatic rings. The number of hydrogen-bond donors (Lipinski definition) is 2. The zero-order valence-corrected chi connectivity index (χ0v) is 9.42. The van der Waals surface area contributed by atoms with Crippen LogP contribution in [0.15, 0.2) is 12.1 Å². The van der Waals surface area contributed by atoms with Gasteiger partial charge in [0.1, 0.15) is 0 Å². The van der Waals surface area contributed by atoms with Crippen molar-refractivity contribution in [2.75, 3.05) is 7.11 Å². The van der Waals surface area contributed by atoms with E-state index in [4.69, 9.17) is 4.74 Å². The Morgan fingerprint density at radius 2 is 2.12 bits per heavy atom. The first-order chi connectivity index (χ1) is 7.54. The van der Waals surface area contributed by atoms with Gasteiger partial charge in [0.25, 0.3) is 0 Å². The lowest BCUT2D eigenvalue weighted by molar-refractivity contribution is 0.101. The predicted molar refractivity (Wildman–Crippen MR) is 61.3 cm³/mol. The Bertz CT molecular complexity index is 569. The molecule has 0 spiro atoms. The molecule has 0 amide bonds. The molecule has 0 bridgehead atoms. The zero-order valence-electron chi connectivity index (χ0n) is 9.42. The van der Waals surface area contributed by atoms with E-state index in [0.717, 1.165) is 10.9 Å². The highest BCUT2D eigenvalue weighted by Gasteiger charge is 2.14. The van der Waals surface area contributed by atoms with Crippen molar-refractivity contribution in [2.45, 2.75) is 13.8 Å². The highest BCUT2D eigenvalue weighted by atomic mass is 16.5. The Morgan fingerprint density at radius 1 is 1.44 bits per heavy atom. The Kier molecular flexibility index (Phi) is 2.34. The number of Topliss-reactive ketones (excluding diaryl/α,β-unsaturated/α-hetero) is 1. The molecular formula is C12H13NO3. The molecule has 4 nitrogen and oxygen atoms in total. The number of rotatable bonds is 2. The molecule has 0 unspecified atom stereocenters. The van der Waals surface area contributed by atoms with Gasteiger partial charge in [-0.25, -0.2) is 0 Å². The third-order valence-electron chi connectivity index (χ3n) is 2.62. The fraction of sp³-hybridized carbons (Fsp3) is 0.250. The molecule has 2 N–H and O–H groups in total. The van der Waals surface area contributed by atoms with E-state index < -0.39 is 0 Å². The number of benzene rings is 1. The van der Waals surface area contributed by atoms with Gasteiger partial charge in [-0.05, 0) is 24.6 Å². The van der Waals surface area contributed by atoms with Gasteiger partial charge in [0.2, 0.25) is 0 Å². The van der Waals surface area contributed by atoms with E-state index in [1.54, 1.807) is 13.0 Å². The molecule has 84 valence electrons. The minimum atomic E-state index is -0.0459. The maximum atomic E-state index is 11.2. The molecule has 0 saturated heterocycles. The smallest absolute Gasteiger partial charge is 0.184 e. The lowest BCUT2D eigenvalue weighted by Gasteiger charge is -2.07. The summed E-state index contributed by atoms with van der Waals surface area (Å²) in [7, 11) is 1.49. The molecule has 0 radical (unpaired) electrons. The van der Waals surface area contributed by atoms with E-state index in [1.165, 1.54) is 14.0 Å². The van der Waals surface area contributed by atoms with Gasteiger partial charge in [-0.2, -0.15) is 0 Å². The second kappa shape index (κ2) is 3.56. The van der Waals surface area contributed by atoms with Crippen LogP contribution in [0.4, 0.5) is 0 Å². The molecule has 2 rings (SSSR count). The maximum Gasteiger partial charge on any atom is 0.184 e. The topological polar surface area (TPSA) is 62.3 Å². The fourth-order valence-electron chi connectivity index (χ4n) is 1.76. The molecule has 0 aliphatic carbocycles. The van der Waals surface area contributed by atoms with E-state index >= 15 is 0 Å². The highest BCUT2D eigenvalue weighted by molar-refractivity contribution is 6.00. The molecule has 0 saturated carbocycles. The van der Waals surface area contributed by atoms with E-state index in [0.29, 0.717) is 17.0 Å². The predicted octanol–water partition coefficient (Wildman–Crippen LogP) is 2.39. The third-order valence-corrected chi connectivity index (χ3v) is 2.62. The summed E-state index contributed by atoms with van der Waals surface area (Å²) in [5, 5.41) is 10.7. The minimum Gasteiger partial charge on any atom is -0.504 e. The Morgan fingerprint density at radius 3 is 2.69 bits per heavy atom. The van der Waals surface area contributed by atoms with Crippen molar-refractivity contribution in [3.8, 4) is 11.5 Å². The van der Waals surface area contributed by atoms with Gasteiger partial charge in [0.15, 0.2) is 17.3 Å². The normalized spacial score (nSPS) is 10.7. The number of carbonyl (C=O) groups excluding carboxylic acids is 1. The average Bonchev–Trinajstić information content (AvgIpc) is 2.63. The van der Waals surface area contributed by atoms with Crippen molar-refractivity contribution < 1.29 is 14.6 Å². The molecule has 1 aromatic heterocycles. The number of methoxy groups -OCH3 is 1. The number of phenols is 1. The summed E-state index contributed by atoms with van der Waals surface area (Å²) < 4.78 is 5.14. The van der Waals surface area contributed by atoms with Crippen molar-refractivity contribution in [3.63, 3.8) is 0 Å². The zero-order chi connectivity index (χ0) is 11.9. The molecule has 0 aliphatic heterocycles. The van der Waals surface area contributed by atoms with E-state index in [9.17, 15) is 9.90 Å². The Labute approximate surface area is 92.9 Å². The van der Waals surface area contributed by atoms with Crippen LogP contribution in [0, 0.1) is 6.92 Å². The number of hydrogen-bond acceptors (Lipinski definition) is 3. The van der Waals surface area contributed by atoms with Crippen LogP contribution in [-0.4, -0.2) is 23.0 Å². The highest BCUT2D eigenvalue weighted by Crippen LogP contribution is 2.37. The van der Waals surface area contributed by atoms with Gasteiger partial charge in [-0.1, -0.05) is 0 Å². The minimum absolute atomic E-state index is 0.0459. The van der Waals surface area contributed by atoms with Crippen molar-refractivity contribution in [2.24, 2.45) is 0 Å². The number of H-pyrrole nitrogens is 1. The number of aromatic hydroxyl groups is 1. The SMILES string of the molecule is COc1c(O)c(C)cc2cc(C(C)=O)[nH]c12. The van der Waals surface area contributed by atoms with Gasteiger partial charge in [0, 0.05) is 12.3 Å². The summed E-state index contributed by atoms with van der Waals surface area (Å²) in [4.78, 5) is 14.2. The molecular weight excluding hydrogens is 206 g/mol. The number of phenolic OH excluding ortho intramolecular Hbond substituents is 1. The van der Waals surface area contributed by atoms with Gasteiger partial charge in [-0.3, -0.25) is 4.79 Å². The van der Waals surface area contributed by atoms with Gasteiger partial charge < -0.3 is 14.8 Å². The summed E-state index contributed by atoms with van der Waals surface area (Å²) in [5.41, 5.74) is 1.88. The lowest BCUT2D eigenvalue weighted by atomic mass is 10.1. The van der Waals surface area contributed by atoms with Crippen molar-refractivity contribution >= 4 is 16.7 Å². The van der Waals surface area contributed by atoms with Crippen LogP contribution in [0.25, 0.3) is 10.9 Å². The van der Waals surface area contributed by atoms with Crippen LogP contribution < -0.4 is 4.74 Å². The summed E-state index contributed by atoms with van der Waals surface area (Å²) in [6, 6.07) is 3.57. The van der Waals surface area contributed by atoms with E-state index in [1.807, 2.05) is 6.07 Å². The standard InChI is InChI=1S/C12H13NO3/c1-6-4-8-5-9(7(2)14)13-10(8)12(16-3)11(6)15/h4-5,13,15H,1-3H3. The number of nitrogens with one attached hydrogen (secondary N) is 1. The third kappa shape index (κ3) is 1.43. The fourth-order valence-corrected chi connectivity index (χ4v) is 1.76. The summed E-state index contributed by atoms with van der Waals surface area (Å²) in [6.45, 7) is 3.28. The Hall–Kier alpha value is -1.97. The molecule has 16 heavy (non-hydrogen) atoms. The van der Waals surface area contributed by atoms with E-state index in [2.05, 4.69) is 4.98 Å². The maximum absolute atomic E-state index is 11.2. The number of carbonyl (C=O) groups is 1. The molecule has 4 heteroatoms. The van der Waals surface area contributed by atoms with Crippen molar-refractivity contribution in [1.82, 2.24) is 4.98 Å². The van der Waals surface area contributed by atoms with Crippen molar-refractivity contribution in [3.05, 3.63) is 23.4 Å². The largest absolute Gasteiger partial charge is 0.504 e. The van der Waals surface area contributed by atoms with Crippen LogP contribution in [0.3, 0.4) is 0 Å². The first kappa shape index (κ1) is 10.5. The average molecular weight is 219 g/mol. The van der Waals surface area contributed by atoms with Gasteiger partial charge in [0.05, 0.1) is 18.3 Å². The molecule has 0 aliphatic rings. The van der Waals surface area contributed by atoms with Crippen LogP contribution in [0.5, 0.6) is 11.5 Å². The Balaban J connectivity index is 2.81. The number of ketones is 1. The van der Waals surface area contributed by atoms with Crippen molar-refractivity contribution in [1.29, 1.82) is 0 Å². The van der Waals surface area contributed by atoms with Gasteiger partial charge >= 0.3 is 0 Å². The number of aryl methyl sites for hydroxylation is 1. The first-order valence-electron chi connectivity index (χ1n) is 4.94. The monoisotopic (exact) mass is 219 g/mol. The number of aromatic nitrogens is 1. The van der Waals surface area contributed by atoms with Crippen LogP contribution >= 0.6 is 0 Å². The number of aromatic amines is 1. The van der Waals surface area contributed by atoms with Crippen LogP contribution in [0.2, 0.25) is 0 Å². The van der Waals surface area contributed by atoms with E-state index in [-0.39, 0.29) is 11.5 Å². The lowest BCUT2D eigenvalue weighted by Crippen LogP contribution is -1.91. The molecule has 0 atom stereocenters. The second-order valence-corrected chi connectivity index (χ2v) is 3.78. The molecule has 1 heterocycles. The number of ether oxygens (including phenoxy) is 1. The second-order valence-electron chi connectivity index (χ2n) is 3.78. The first-order valence-corrected chi connectivity index (χ1v) is 4.94. The van der Waals surface area contributed by atoms with Gasteiger partial charge in [-0.15, -0.1) is 0 Å². The number of fused-ring (bicyclic) bond motifs is 1. The quantitative estimate of drug-likeness (QED) is 0.762. The summed E-state index contributed by atoms with van der Waals surface area (Å²) >= 11 is 0. The van der Waals surface area contributed by atoms with Crippen LogP contribution in [0.1, 0.15) is 23.0 Å². The molecule has 1 aromatic carbocycles.